The van der Waals surface area contributed by atoms with E-state index in [0.29, 0.717) is 37.7 Å². The van der Waals surface area contributed by atoms with Crippen LogP contribution in [0.25, 0.3) is 0 Å². The maximum absolute atomic E-state index is 12.0. The second-order valence-electron chi connectivity index (χ2n) is 4.44. The predicted octanol–water partition coefficient (Wildman–Crippen LogP) is 1.76. The average molecular weight is 311 g/mol. The van der Waals surface area contributed by atoms with Crippen LogP contribution in [0.5, 0.6) is 11.5 Å². The molecule has 124 valence electrons. The number of hydrogen-bond acceptors (Lipinski definition) is 5. The summed E-state index contributed by atoms with van der Waals surface area (Å²) in [4.78, 5) is 12.0. The van der Waals surface area contributed by atoms with Crippen molar-refractivity contribution in [3.8, 4) is 11.5 Å². The lowest BCUT2D eigenvalue weighted by atomic mass is 10.1. The summed E-state index contributed by atoms with van der Waals surface area (Å²) in [5, 5.41) is 2.80. The summed E-state index contributed by atoms with van der Waals surface area (Å²) in [6.07, 6.45) is -0.237. The average Bonchev–Trinajstić information content (AvgIpc) is 2.54. The number of hydrogen-bond donors (Lipinski definition) is 1. The second-order valence-corrected chi connectivity index (χ2v) is 4.44. The molecule has 0 aromatic heterocycles. The van der Waals surface area contributed by atoms with Crippen LogP contribution in [-0.2, 0) is 20.7 Å². The number of ether oxygens (including phenoxy) is 4. The number of carbonyl (C=O) groups excluding carboxylic acids is 1. The van der Waals surface area contributed by atoms with Gasteiger partial charge in [-0.05, 0) is 31.9 Å². The van der Waals surface area contributed by atoms with Gasteiger partial charge in [-0.1, -0.05) is 12.1 Å². The van der Waals surface area contributed by atoms with Crippen LogP contribution in [0.4, 0.5) is 0 Å². The Labute approximate surface area is 131 Å². The largest absolute Gasteiger partial charge is 0.493 e. The molecule has 0 saturated carbocycles. The molecule has 6 nitrogen and oxygen atoms in total. The molecule has 1 aromatic rings. The number of carbonyl (C=O) groups is 1. The lowest BCUT2D eigenvalue weighted by Crippen LogP contribution is -2.39. The molecule has 1 N–H and O–H groups in total. The molecule has 0 aliphatic heterocycles. The van der Waals surface area contributed by atoms with E-state index in [1.54, 1.807) is 14.2 Å². The summed E-state index contributed by atoms with van der Waals surface area (Å²) >= 11 is 0. The van der Waals surface area contributed by atoms with E-state index in [0.717, 1.165) is 5.56 Å². The van der Waals surface area contributed by atoms with Crippen LogP contribution in [0.15, 0.2) is 18.2 Å². The van der Waals surface area contributed by atoms with Crippen molar-refractivity contribution >= 4 is 5.91 Å². The molecule has 0 aliphatic carbocycles. The van der Waals surface area contributed by atoms with Crippen molar-refractivity contribution in [2.75, 3.05) is 34.0 Å². The minimum atomic E-state index is -0.859. The molecule has 1 aromatic carbocycles. The Morgan fingerprint density at radius 2 is 1.82 bits per heavy atom. The Morgan fingerprint density at radius 1 is 1.14 bits per heavy atom. The highest BCUT2D eigenvalue weighted by Gasteiger charge is 2.18. The number of para-hydroxylation sites is 1. The quantitative estimate of drug-likeness (QED) is 0.667. The van der Waals surface area contributed by atoms with Gasteiger partial charge in [0.1, 0.15) is 0 Å². The molecule has 0 saturated heterocycles. The summed E-state index contributed by atoms with van der Waals surface area (Å²) in [5.74, 6) is 1.09. The van der Waals surface area contributed by atoms with Crippen molar-refractivity contribution in [1.82, 2.24) is 5.32 Å². The molecule has 1 rings (SSSR count). The fourth-order valence-corrected chi connectivity index (χ4v) is 2.06. The molecule has 0 radical (unpaired) electrons. The van der Waals surface area contributed by atoms with Gasteiger partial charge in [0.05, 0.1) is 14.2 Å². The molecular formula is C16H25NO5. The van der Waals surface area contributed by atoms with E-state index < -0.39 is 6.29 Å². The Bertz CT molecular complexity index is 458. The molecule has 0 aliphatic rings. The third-order valence-electron chi connectivity index (χ3n) is 3.03. The molecule has 1 amide bonds. The standard InChI is InChI=1S/C16H25NO5/c1-5-21-16(22-6-2)15(18)17-11-10-12-8-7-9-13(19-3)14(12)20-4/h7-9,16H,5-6,10-11H2,1-4H3,(H,17,18). The van der Waals surface area contributed by atoms with Gasteiger partial charge in [0.15, 0.2) is 11.5 Å². The highest BCUT2D eigenvalue weighted by atomic mass is 16.7. The lowest BCUT2D eigenvalue weighted by molar-refractivity contribution is -0.170. The summed E-state index contributed by atoms with van der Waals surface area (Å²) in [6.45, 7) is 4.93. The lowest BCUT2D eigenvalue weighted by Gasteiger charge is -2.17. The molecular weight excluding hydrogens is 286 g/mol. The third-order valence-corrected chi connectivity index (χ3v) is 3.03. The first-order chi connectivity index (χ1) is 10.7. The van der Waals surface area contributed by atoms with Crippen LogP contribution in [-0.4, -0.2) is 46.2 Å². The van der Waals surface area contributed by atoms with Crippen molar-refractivity contribution < 1.29 is 23.7 Å². The first kappa shape index (κ1) is 18.3. The number of amides is 1. The second kappa shape index (κ2) is 10.0. The molecule has 0 fully saturated rings. The fraction of sp³-hybridized carbons (Fsp3) is 0.562. The first-order valence-corrected chi connectivity index (χ1v) is 7.38. The monoisotopic (exact) mass is 311 g/mol. The molecule has 0 heterocycles. The maximum atomic E-state index is 12.0. The van der Waals surface area contributed by atoms with Gasteiger partial charge in [0.2, 0.25) is 6.29 Å². The smallest absolute Gasteiger partial charge is 0.277 e. The summed E-state index contributed by atoms with van der Waals surface area (Å²) in [7, 11) is 3.19. The normalized spacial score (nSPS) is 10.6. The van der Waals surface area contributed by atoms with Crippen molar-refractivity contribution in [1.29, 1.82) is 0 Å². The molecule has 0 spiro atoms. The van der Waals surface area contributed by atoms with Gasteiger partial charge in [-0.25, -0.2) is 0 Å². The van der Waals surface area contributed by atoms with Crippen LogP contribution in [0.2, 0.25) is 0 Å². The molecule has 0 bridgehead atoms. The molecule has 6 heteroatoms. The van der Waals surface area contributed by atoms with Crippen LogP contribution in [0.1, 0.15) is 19.4 Å². The summed E-state index contributed by atoms with van der Waals surface area (Å²) in [5.41, 5.74) is 0.964. The van der Waals surface area contributed by atoms with Gasteiger partial charge in [-0.3, -0.25) is 4.79 Å². The Morgan fingerprint density at radius 3 is 2.36 bits per heavy atom. The van der Waals surface area contributed by atoms with E-state index in [-0.39, 0.29) is 5.91 Å². The Balaban J connectivity index is 2.58. The van der Waals surface area contributed by atoms with Gasteiger partial charge in [0, 0.05) is 19.8 Å². The Kier molecular flexibility index (Phi) is 8.32. The van der Waals surface area contributed by atoms with Gasteiger partial charge >= 0.3 is 0 Å². The summed E-state index contributed by atoms with van der Waals surface area (Å²) in [6, 6.07) is 5.67. The van der Waals surface area contributed by atoms with Crippen molar-refractivity contribution in [3.05, 3.63) is 23.8 Å². The number of nitrogens with one attached hydrogen (secondary N) is 1. The van der Waals surface area contributed by atoms with E-state index in [1.807, 2.05) is 32.0 Å². The third kappa shape index (κ3) is 5.20. The van der Waals surface area contributed by atoms with Gasteiger partial charge in [-0.15, -0.1) is 0 Å². The van der Waals surface area contributed by atoms with Crippen molar-refractivity contribution in [2.45, 2.75) is 26.6 Å². The van der Waals surface area contributed by atoms with E-state index >= 15 is 0 Å². The summed E-state index contributed by atoms with van der Waals surface area (Å²) < 4.78 is 21.1. The van der Waals surface area contributed by atoms with E-state index in [4.69, 9.17) is 18.9 Å². The maximum Gasteiger partial charge on any atom is 0.277 e. The van der Waals surface area contributed by atoms with E-state index in [1.165, 1.54) is 0 Å². The first-order valence-electron chi connectivity index (χ1n) is 7.38. The zero-order chi connectivity index (χ0) is 16.4. The highest BCUT2D eigenvalue weighted by molar-refractivity contribution is 5.79. The van der Waals surface area contributed by atoms with Crippen molar-refractivity contribution in [3.63, 3.8) is 0 Å². The van der Waals surface area contributed by atoms with Crippen molar-refractivity contribution in [2.24, 2.45) is 0 Å². The Hall–Kier alpha value is -1.79. The number of methoxy groups -OCH3 is 2. The minimum absolute atomic E-state index is 0.273. The molecule has 22 heavy (non-hydrogen) atoms. The van der Waals surface area contributed by atoms with Gasteiger partial charge in [-0.2, -0.15) is 0 Å². The molecule has 0 atom stereocenters. The molecule has 0 unspecified atom stereocenters. The predicted molar refractivity (Wildman–Crippen MR) is 83.3 cm³/mol. The number of benzene rings is 1. The van der Waals surface area contributed by atoms with Crippen LogP contribution < -0.4 is 14.8 Å². The number of rotatable bonds is 10. The minimum Gasteiger partial charge on any atom is -0.493 e. The van der Waals surface area contributed by atoms with E-state index in [9.17, 15) is 4.79 Å². The SMILES string of the molecule is CCOC(OCC)C(=O)NCCc1cccc(OC)c1OC. The van der Waals surface area contributed by atoms with Crippen LogP contribution in [0, 0.1) is 0 Å². The highest BCUT2D eigenvalue weighted by Crippen LogP contribution is 2.30. The van der Waals surface area contributed by atoms with Crippen LogP contribution >= 0.6 is 0 Å². The zero-order valence-corrected chi connectivity index (χ0v) is 13.7. The van der Waals surface area contributed by atoms with E-state index in [2.05, 4.69) is 5.32 Å². The van der Waals surface area contributed by atoms with Gasteiger partial charge < -0.3 is 24.3 Å². The zero-order valence-electron chi connectivity index (χ0n) is 13.7. The van der Waals surface area contributed by atoms with Gasteiger partial charge in [0.25, 0.3) is 5.91 Å². The van der Waals surface area contributed by atoms with Crippen LogP contribution in [0.3, 0.4) is 0 Å². The fourth-order valence-electron chi connectivity index (χ4n) is 2.06. The topological polar surface area (TPSA) is 66.0 Å².